The Kier molecular flexibility index (Phi) is 7.72. The van der Waals surface area contributed by atoms with E-state index in [1.165, 1.54) is 14.0 Å². The fraction of sp³-hybridized carbons (Fsp3) is 0.421. The summed E-state index contributed by atoms with van der Waals surface area (Å²) < 4.78 is 4.64. The molecule has 140 valence electrons. The van der Waals surface area contributed by atoms with Crippen LogP contribution in [0.15, 0.2) is 41.7 Å². The van der Waals surface area contributed by atoms with Crippen LogP contribution in [0.4, 0.5) is 0 Å². The molecule has 0 fully saturated rings. The lowest BCUT2D eigenvalue weighted by atomic mass is 10.1. The SMILES string of the molecule is COC(=O)CCCC[C@@H]1SCC(NC(=O)c2ccccc2)=C1NC(C)=O. The maximum atomic E-state index is 12.4. The van der Waals surface area contributed by atoms with E-state index in [9.17, 15) is 14.4 Å². The Morgan fingerprint density at radius 2 is 1.88 bits per heavy atom. The summed E-state index contributed by atoms with van der Waals surface area (Å²) in [6.45, 7) is 1.46. The number of benzene rings is 1. The smallest absolute Gasteiger partial charge is 0.305 e. The van der Waals surface area contributed by atoms with Gasteiger partial charge >= 0.3 is 5.97 Å². The maximum absolute atomic E-state index is 12.4. The lowest BCUT2D eigenvalue weighted by Gasteiger charge is -2.15. The van der Waals surface area contributed by atoms with E-state index in [1.807, 2.05) is 18.2 Å². The molecular weight excluding hydrogens is 352 g/mol. The van der Waals surface area contributed by atoms with Crippen LogP contribution in [0.5, 0.6) is 0 Å². The van der Waals surface area contributed by atoms with Crippen molar-refractivity contribution in [3.8, 4) is 0 Å². The van der Waals surface area contributed by atoms with E-state index >= 15 is 0 Å². The molecule has 0 unspecified atom stereocenters. The van der Waals surface area contributed by atoms with Crippen LogP contribution in [-0.4, -0.2) is 35.9 Å². The molecule has 0 saturated carbocycles. The van der Waals surface area contributed by atoms with Gasteiger partial charge in [-0.2, -0.15) is 0 Å². The number of carbonyl (C=O) groups is 3. The standard InChI is InChI=1S/C19H24N2O4S/c1-13(22)20-18-15(21-19(24)14-8-4-3-5-9-14)12-26-16(18)10-6-7-11-17(23)25-2/h3-5,8-9,16H,6-7,10-12H2,1-2H3,(H,20,22)(H,21,24)/t16-/m0/s1. The molecule has 0 saturated heterocycles. The Labute approximate surface area is 157 Å². The van der Waals surface area contributed by atoms with Crippen molar-refractivity contribution in [3.05, 3.63) is 47.3 Å². The summed E-state index contributed by atoms with van der Waals surface area (Å²) in [4.78, 5) is 35.1. The first-order valence-corrected chi connectivity index (χ1v) is 9.61. The van der Waals surface area contributed by atoms with Crippen LogP contribution in [0.25, 0.3) is 0 Å². The number of rotatable bonds is 8. The summed E-state index contributed by atoms with van der Waals surface area (Å²) >= 11 is 1.68. The van der Waals surface area contributed by atoms with E-state index in [4.69, 9.17) is 0 Å². The number of methoxy groups -OCH3 is 1. The van der Waals surface area contributed by atoms with Crippen molar-refractivity contribution in [2.75, 3.05) is 12.9 Å². The Bertz CT molecular complexity index is 688. The van der Waals surface area contributed by atoms with Crippen molar-refractivity contribution in [2.24, 2.45) is 0 Å². The van der Waals surface area contributed by atoms with E-state index in [2.05, 4.69) is 15.4 Å². The quantitative estimate of drug-likeness (QED) is 0.538. The van der Waals surface area contributed by atoms with Gasteiger partial charge in [0.25, 0.3) is 5.91 Å². The number of hydrogen-bond donors (Lipinski definition) is 2. The predicted octanol–water partition coefficient (Wildman–Crippen LogP) is 2.61. The predicted molar refractivity (Wildman–Crippen MR) is 101 cm³/mol. The van der Waals surface area contributed by atoms with Crippen molar-refractivity contribution in [2.45, 2.75) is 37.9 Å². The number of carbonyl (C=O) groups excluding carboxylic acids is 3. The fourth-order valence-electron chi connectivity index (χ4n) is 2.72. The van der Waals surface area contributed by atoms with Crippen LogP contribution in [0.1, 0.15) is 43.0 Å². The molecule has 1 aromatic carbocycles. The zero-order valence-electron chi connectivity index (χ0n) is 15.0. The highest BCUT2D eigenvalue weighted by Gasteiger charge is 2.28. The lowest BCUT2D eigenvalue weighted by Crippen LogP contribution is -2.31. The number of unbranched alkanes of at least 4 members (excludes halogenated alkanes) is 1. The monoisotopic (exact) mass is 376 g/mol. The third-order valence-corrected chi connectivity index (χ3v) is 5.34. The summed E-state index contributed by atoms with van der Waals surface area (Å²) in [5.74, 6) is 0.0805. The number of hydrogen-bond acceptors (Lipinski definition) is 5. The Hall–Kier alpha value is -2.28. The molecule has 26 heavy (non-hydrogen) atoms. The van der Waals surface area contributed by atoms with Gasteiger partial charge < -0.3 is 15.4 Å². The first-order chi connectivity index (χ1) is 12.5. The van der Waals surface area contributed by atoms with Crippen molar-refractivity contribution in [1.82, 2.24) is 10.6 Å². The summed E-state index contributed by atoms with van der Waals surface area (Å²) in [5.41, 5.74) is 2.09. The molecule has 2 N–H and O–H groups in total. The van der Waals surface area contributed by atoms with Gasteiger partial charge in [0, 0.05) is 35.6 Å². The van der Waals surface area contributed by atoms with Crippen LogP contribution in [0.3, 0.4) is 0 Å². The van der Waals surface area contributed by atoms with Crippen molar-refractivity contribution < 1.29 is 19.1 Å². The molecule has 1 heterocycles. The van der Waals surface area contributed by atoms with Crippen molar-refractivity contribution in [3.63, 3.8) is 0 Å². The number of esters is 1. The average molecular weight is 376 g/mol. The molecule has 1 aromatic rings. The highest BCUT2D eigenvalue weighted by molar-refractivity contribution is 8.00. The van der Waals surface area contributed by atoms with Gasteiger partial charge in [-0.25, -0.2) is 0 Å². The molecule has 2 rings (SSSR count). The van der Waals surface area contributed by atoms with Crippen LogP contribution < -0.4 is 10.6 Å². The van der Waals surface area contributed by atoms with Crippen LogP contribution >= 0.6 is 11.8 Å². The minimum Gasteiger partial charge on any atom is -0.469 e. The Morgan fingerprint density at radius 3 is 2.54 bits per heavy atom. The van der Waals surface area contributed by atoms with Gasteiger partial charge in [-0.1, -0.05) is 24.6 Å². The zero-order chi connectivity index (χ0) is 18.9. The topological polar surface area (TPSA) is 84.5 Å². The zero-order valence-corrected chi connectivity index (χ0v) is 15.9. The fourth-order valence-corrected chi connectivity index (χ4v) is 4.01. The van der Waals surface area contributed by atoms with E-state index in [-0.39, 0.29) is 23.0 Å². The molecule has 2 amide bonds. The van der Waals surface area contributed by atoms with Gasteiger partial charge in [0.05, 0.1) is 12.8 Å². The molecule has 1 aliphatic rings. The minimum atomic E-state index is -0.211. The molecule has 1 aliphatic heterocycles. The third-order valence-electron chi connectivity index (χ3n) is 4.01. The van der Waals surface area contributed by atoms with Gasteiger partial charge in [-0.15, -0.1) is 11.8 Å². The number of amides is 2. The number of thioether (sulfide) groups is 1. The first kappa shape index (κ1) is 20.0. The van der Waals surface area contributed by atoms with Crippen LogP contribution in [0.2, 0.25) is 0 Å². The molecule has 0 aliphatic carbocycles. The molecule has 0 bridgehead atoms. The van der Waals surface area contributed by atoms with Gasteiger partial charge in [0.1, 0.15) is 0 Å². The first-order valence-electron chi connectivity index (χ1n) is 8.56. The lowest BCUT2D eigenvalue weighted by molar-refractivity contribution is -0.140. The molecule has 0 aromatic heterocycles. The summed E-state index contributed by atoms with van der Waals surface area (Å²) in [7, 11) is 1.38. The Balaban J connectivity index is 2.00. The summed E-state index contributed by atoms with van der Waals surface area (Å²) in [6.07, 6.45) is 2.80. The Morgan fingerprint density at radius 1 is 1.15 bits per heavy atom. The second-order valence-corrected chi connectivity index (χ2v) is 7.21. The van der Waals surface area contributed by atoms with E-state index in [0.717, 1.165) is 30.7 Å². The normalized spacial score (nSPS) is 16.3. The minimum absolute atomic E-state index is 0.0996. The highest BCUT2D eigenvalue weighted by Crippen LogP contribution is 2.33. The number of nitrogens with one attached hydrogen (secondary N) is 2. The van der Waals surface area contributed by atoms with Crippen LogP contribution in [0, 0.1) is 0 Å². The van der Waals surface area contributed by atoms with Crippen LogP contribution in [-0.2, 0) is 14.3 Å². The van der Waals surface area contributed by atoms with E-state index < -0.39 is 0 Å². The molecule has 1 atom stereocenters. The van der Waals surface area contributed by atoms with Crippen molar-refractivity contribution >= 4 is 29.5 Å². The van der Waals surface area contributed by atoms with Gasteiger partial charge in [-0.3, -0.25) is 14.4 Å². The van der Waals surface area contributed by atoms with E-state index in [0.29, 0.717) is 17.7 Å². The summed E-state index contributed by atoms with van der Waals surface area (Å²) in [5, 5.41) is 5.90. The largest absolute Gasteiger partial charge is 0.469 e. The van der Waals surface area contributed by atoms with Gasteiger partial charge in [0.2, 0.25) is 5.91 Å². The molecular formula is C19H24N2O4S. The highest BCUT2D eigenvalue weighted by atomic mass is 32.2. The van der Waals surface area contributed by atoms with E-state index in [1.54, 1.807) is 23.9 Å². The van der Waals surface area contributed by atoms with Gasteiger partial charge in [0.15, 0.2) is 0 Å². The molecule has 7 heteroatoms. The van der Waals surface area contributed by atoms with Gasteiger partial charge in [-0.05, 0) is 25.0 Å². The number of ether oxygens (including phenoxy) is 1. The average Bonchev–Trinajstić information content (AvgIpc) is 3.00. The summed E-state index contributed by atoms with van der Waals surface area (Å²) in [6, 6.07) is 8.98. The molecule has 0 spiro atoms. The molecule has 6 nitrogen and oxygen atoms in total. The van der Waals surface area contributed by atoms with Crippen molar-refractivity contribution in [1.29, 1.82) is 0 Å². The third kappa shape index (κ3) is 5.91. The second-order valence-electron chi connectivity index (χ2n) is 6.02. The maximum Gasteiger partial charge on any atom is 0.305 e. The second kappa shape index (κ2) is 10.0. The molecule has 0 radical (unpaired) electrons.